The van der Waals surface area contributed by atoms with Crippen LogP contribution in [0.1, 0.15) is 30.0 Å². The van der Waals surface area contributed by atoms with E-state index in [0.29, 0.717) is 27.7 Å². The van der Waals surface area contributed by atoms with Crippen molar-refractivity contribution in [3.8, 4) is 17.1 Å². The summed E-state index contributed by atoms with van der Waals surface area (Å²) >= 11 is 7.39. The van der Waals surface area contributed by atoms with Gasteiger partial charge in [0.25, 0.3) is 0 Å². The van der Waals surface area contributed by atoms with Gasteiger partial charge in [0.2, 0.25) is 11.1 Å². The minimum Gasteiger partial charge on any atom is -0.496 e. The molecule has 0 spiro atoms. The van der Waals surface area contributed by atoms with E-state index in [1.807, 2.05) is 0 Å². The van der Waals surface area contributed by atoms with Crippen LogP contribution < -0.4 is 10.1 Å². The first-order valence-electron chi connectivity index (χ1n) is 9.78. The number of hydrogen-bond acceptors (Lipinski definition) is 5. The molecule has 6 nitrogen and oxygen atoms in total. The quantitative estimate of drug-likeness (QED) is 0.490. The van der Waals surface area contributed by atoms with Gasteiger partial charge in [-0.15, -0.1) is 5.10 Å². The molecule has 30 heavy (non-hydrogen) atoms. The van der Waals surface area contributed by atoms with Gasteiger partial charge in [0.05, 0.1) is 24.5 Å². The van der Waals surface area contributed by atoms with Gasteiger partial charge in [-0.05, 0) is 49.4 Å². The third-order valence-corrected chi connectivity index (χ3v) is 6.14. The zero-order chi connectivity index (χ0) is 21.1. The summed E-state index contributed by atoms with van der Waals surface area (Å²) in [6.45, 7) is 2.06. The molecule has 8 heteroatoms. The van der Waals surface area contributed by atoms with Gasteiger partial charge in [-0.25, -0.2) is 4.98 Å². The average molecular weight is 443 g/mol. The Morgan fingerprint density at radius 1 is 1.30 bits per heavy atom. The number of rotatable bonds is 8. The number of aromatic nitrogens is 3. The van der Waals surface area contributed by atoms with Crippen molar-refractivity contribution in [2.75, 3.05) is 12.9 Å². The Kier molecular flexibility index (Phi) is 6.29. The molecule has 1 aliphatic carbocycles. The summed E-state index contributed by atoms with van der Waals surface area (Å²) in [7, 11) is 1.59. The predicted molar refractivity (Wildman–Crippen MR) is 119 cm³/mol. The van der Waals surface area contributed by atoms with E-state index in [4.69, 9.17) is 16.3 Å². The summed E-state index contributed by atoms with van der Waals surface area (Å²) in [5, 5.41) is 11.4. The molecule has 0 saturated heterocycles. The molecule has 3 aromatic rings. The monoisotopic (exact) mass is 442 g/mol. The standard InChI is InChI=1S/C22H23ClN4O2S/c1-13-3-5-14(6-4-13)20(15-7-8-15)24-19(28)12-30-22-25-21(26-27-22)17-11-16(23)9-10-18(17)29-2/h3-6,9-11,15,20H,7-8,12H2,1-2H3,(H,24,28)(H,25,26,27). The van der Waals surface area contributed by atoms with Crippen LogP contribution in [0.4, 0.5) is 0 Å². The van der Waals surface area contributed by atoms with E-state index in [-0.39, 0.29) is 17.7 Å². The molecule has 1 aromatic heterocycles. The van der Waals surface area contributed by atoms with Gasteiger partial charge in [-0.3, -0.25) is 9.89 Å². The summed E-state index contributed by atoms with van der Waals surface area (Å²) in [4.78, 5) is 17.1. The molecule has 1 atom stereocenters. The van der Waals surface area contributed by atoms with Crippen LogP contribution in [0.25, 0.3) is 11.4 Å². The number of aromatic amines is 1. The number of aryl methyl sites for hydroxylation is 1. The van der Waals surface area contributed by atoms with Crippen LogP contribution >= 0.6 is 23.4 Å². The summed E-state index contributed by atoms with van der Waals surface area (Å²) in [5.41, 5.74) is 3.10. The highest BCUT2D eigenvalue weighted by Crippen LogP contribution is 2.41. The number of amides is 1. The molecule has 2 N–H and O–H groups in total. The molecular weight excluding hydrogens is 420 g/mol. The largest absolute Gasteiger partial charge is 0.496 e. The van der Waals surface area contributed by atoms with Gasteiger partial charge in [0.1, 0.15) is 5.75 Å². The molecule has 1 unspecified atom stereocenters. The lowest BCUT2D eigenvalue weighted by atomic mass is 10.0. The Balaban J connectivity index is 1.38. The number of nitrogens with zero attached hydrogens (tertiary/aromatic N) is 2. The van der Waals surface area contributed by atoms with E-state index in [0.717, 1.165) is 24.0 Å². The molecule has 0 bridgehead atoms. The lowest BCUT2D eigenvalue weighted by Gasteiger charge is -2.18. The zero-order valence-corrected chi connectivity index (χ0v) is 18.4. The summed E-state index contributed by atoms with van der Waals surface area (Å²) in [5.74, 6) is 1.94. The van der Waals surface area contributed by atoms with Crippen molar-refractivity contribution in [1.29, 1.82) is 0 Å². The summed E-state index contributed by atoms with van der Waals surface area (Å²) in [6.07, 6.45) is 2.30. The highest BCUT2D eigenvalue weighted by molar-refractivity contribution is 7.99. The number of benzene rings is 2. The lowest BCUT2D eigenvalue weighted by molar-refractivity contribution is -0.119. The molecule has 1 heterocycles. The number of H-pyrrole nitrogens is 1. The van der Waals surface area contributed by atoms with Gasteiger partial charge < -0.3 is 10.1 Å². The average Bonchev–Trinajstić information content (AvgIpc) is 3.48. The smallest absolute Gasteiger partial charge is 0.230 e. The highest BCUT2D eigenvalue weighted by Gasteiger charge is 2.33. The van der Waals surface area contributed by atoms with Crippen LogP contribution in [-0.2, 0) is 4.79 Å². The number of halogens is 1. The number of carbonyl (C=O) groups excluding carboxylic acids is 1. The molecule has 0 aliphatic heterocycles. The second-order valence-electron chi connectivity index (χ2n) is 7.39. The van der Waals surface area contributed by atoms with E-state index in [1.54, 1.807) is 25.3 Å². The minimum absolute atomic E-state index is 0.0239. The number of hydrogen-bond donors (Lipinski definition) is 2. The highest BCUT2D eigenvalue weighted by atomic mass is 35.5. The van der Waals surface area contributed by atoms with Crippen LogP contribution in [0.15, 0.2) is 47.6 Å². The van der Waals surface area contributed by atoms with Gasteiger partial charge in [0, 0.05) is 5.02 Å². The van der Waals surface area contributed by atoms with Crippen LogP contribution in [0.5, 0.6) is 5.75 Å². The van der Waals surface area contributed by atoms with Crippen molar-refractivity contribution in [2.24, 2.45) is 5.92 Å². The Morgan fingerprint density at radius 3 is 2.77 bits per heavy atom. The second-order valence-corrected chi connectivity index (χ2v) is 8.77. The molecular formula is C22H23ClN4O2S. The molecule has 2 aromatic carbocycles. The fourth-order valence-electron chi connectivity index (χ4n) is 3.32. The van der Waals surface area contributed by atoms with E-state index in [9.17, 15) is 4.79 Å². The van der Waals surface area contributed by atoms with Crippen molar-refractivity contribution in [2.45, 2.75) is 31.0 Å². The Bertz CT molecular complexity index is 1030. The molecule has 0 radical (unpaired) electrons. The predicted octanol–water partition coefficient (Wildman–Crippen LogP) is 4.80. The fraction of sp³-hybridized carbons (Fsp3) is 0.318. The molecule has 156 valence electrons. The molecule has 1 aliphatic rings. The maximum absolute atomic E-state index is 12.6. The molecule has 4 rings (SSSR count). The van der Waals surface area contributed by atoms with Crippen LogP contribution in [-0.4, -0.2) is 34.0 Å². The minimum atomic E-state index is -0.0239. The summed E-state index contributed by atoms with van der Waals surface area (Å²) in [6, 6.07) is 13.8. The van der Waals surface area contributed by atoms with E-state index in [2.05, 4.69) is 51.7 Å². The van der Waals surface area contributed by atoms with Crippen LogP contribution in [0, 0.1) is 12.8 Å². The van der Waals surface area contributed by atoms with Crippen molar-refractivity contribution in [3.05, 3.63) is 58.6 Å². The van der Waals surface area contributed by atoms with Crippen molar-refractivity contribution >= 4 is 29.3 Å². The van der Waals surface area contributed by atoms with Crippen molar-refractivity contribution in [1.82, 2.24) is 20.5 Å². The number of methoxy groups -OCH3 is 1. The third-order valence-electron chi connectivity index (χ3n) is 5.06. The van der Waals surface area contributed by atoms with Gasteiger partial charge in [-0.2, -0.15) is 0 Å². The lowest BCUT2D eigenvalue weighted by Crippen LogP contribution is -2.31. The van der Waals surface area contributed by atoms with Crippen LogP contribution in [0.3, 0.4) is 0 Å². The Hall–Kier alpha value is -2.51. The SMILES string of the molecule is COc1ccc(Cl)cc1-c1nc(SCC(=O)NC(c2ccc(C)cc2)C2CC2)n[nH]1. The Morgan fingerprint density at radius 2 is 2.07 bits per heavy atom. The molecule has 1 fully saturated rings. The third kappa shape index (κ3) is 4.96. The van der Waals surface area contributed by atoms with E-state index >= 15 is 0 Å². The number of thioether (sulfide) groups is 1. The first-order chi connectivity index (χ1) is 14.5. The maximum atomic E-state index is 12.6. The topological polar surface area (TPSA) is 79.9 Å². The first kappa shape index (κ1) is 20.8. The maximum Gasteiger partial charge on any atom is 0.230 e. The first-order valence-corrected chi connectivity index (χ1v) is 11.1. The number of nitrogens with one attached hydrogen (secondary N) is 2. The fourth-order valence-corrected chi connectivity index (χ4v) is 4.10. The molecule has 1 amide bonds. The van der Waals surface area contributed by atoms with Gasteiger partial charge >= 0.3 is 0 Å². The van der Waals surface area contributed by atoms with Crippen molar-refractivity contribution in [3.63, 3.8) is 0 Å². The summed E-state index contributed by atoms with van der Waals surface area (Å²) < 4.78 is 5.37. The molecule has 1 saturated carbocycles. The zero-order valence-electron chi connectivity index (χ0n) is 16.8. The number of carbonyl (C=O) groups is 1. The van der Waals surface area contributed by atoms with E-state index in [1.165, 1.54) is 17.3 Å². The van der Waals surface area contributed by atoms with Crippen LogP contribution in [0.2, 0.25) is 5.02 Å². The second kappa shape index (κ2) is 9.10. The van der Waals surface area contributed by atoms with Crippen molar-refractivity contribution < 1.29 is 9.53 Å². The number of ether oxygens (including phenoxy) is 1. The van der Waals surface area contributed by atoms with Gasteiger partial charge in [-0.1, -0.05) is 53.2 Å². The van der Waals surface area contributed by atoms with Gasteiger partial charge in [0.15, 0.2) is 5.82 Å². The Labute approximate surface area is 184 Å². The normalized spacial score (nSPS) is 14.4. The van der Waals surface area contributed by atoms with E-state index < -0.39 is 0 Å².